The maximum atomic E-state index is 12.8. The van der Waals surface area contributed by atoms with Gasteiger partial charge in [-0.05, 0) is 47.0 Å². The Balaban J connectivity index is 2.73. The standard InChI is InChI=1S/C17H34O5Si/c1-6-19-23(20-7-2,21-8-3)22-16(18)17(4,5)14-15-12-10-9-11-13-15/h15H,6-14H2,1-5H3. The lowest BCUT2D eigenvalue weighted by Gasteiger charge is -2.33. The smallest absolute Gasteiger partial charge is 0.451 e. The van der Waals surface area contributed by atoms with Gasteiger partial charge in [-0.2, -0.15) is 0 Å². The number of hydrogen-bond acceptors (Lipinski definition) is 5. The van der Waals surface area contributed by atoms with Crippen molar-refractivity contribution < 1.29 is 22.5 Å². The lowest BCUT2D eigenvalue weighted by molar-refractivity contribution is -0.155. The third-order valence-corrected chi connectivity index (χ3v) is 6.62. The molecule has 0 spiro atoms. The van der Waals surface area contributed by atoms with Crippen LogP contribution in [0.25, 0.3) is 0 Å². The van der Waals surface area contributed by atoms with E-state index in [1.165, 1.54) is 32.1 Å². The quantitative estimate of drug-likeness (QED) is 0.558. The van der Waals surface area contributed by atoms with Crippen LogP contribution in [0.3, 0.4) is 0 Å². The van der Waals surface area contributed by atoms with Crippen molar-refractivity contribution in [1.82, 2.24) is 0 Å². The van der Waals surface area contributed by atoms with E-state index in [1.807, 2.05) is 34.6 Å². The SMILES string of the molecule is CCO[Si](OCC)(OCC)OC(=O)C(C)(C)CC1CCCCC1. The Bertz CT molecular complexity index is 336. The first-order valence-corrected chi connectivity index (χ1v) is 10.7. The average Bonchev–Trinajstić information content (AvgIpc) is 2.48. The molecular formula is C17H34O5Si. The first-order valence-electron chi connectivity index (χ1n) is 9.04. The van der Waals surface area contributed by atoms with Gasteiger partial charge in [-0.15, -0.1) is 0 Å². The highest BCUT2D eigenvalue weighted by Crippen LogP contribution is 2.36. The maximum Gasteiger partial charge on any atom is 0.751 e. The number of hydrogen-bond donors (Lipinski definition) is 0. The normalized spacial score (nSPS) is 17.3. The lowest BCUT2D eigenvalue weighted by atomic mass is 9.77. The Morgan fingerprint density at radius 3 is 1.87 bits per heavy atom. The zero-order chi connectivity index (χ0) is 17.3. The first kappa shape index (κ1) is 20.6. The molecule has 0 atom stereocenters. The Morgan fingerprint density at radius 2 is 1.43 bits per heavy atom. The monoisotopic (exact) mass is 346 g/mol. The van der Waals surface area contributed by atoms with Crippen LogP contribution in [0.1, 0.15) is 73.1 Å². The van der Waals surface area contributed by atoms with Crippen molar-refractivity contribution >= 4 is 15.0 Å². The third kappa shape index (κ3) is 6.53. The van der Waals surface area contributed by atoms with Gasteiger partial charge in [0.2, 0.25) is 0 Å². The van der Waals surface area contributed by atoms with Crippen molar-refractivity contribution in [2.24, 2.45) is 11.3 Å². The molecule has 0 aliphatic heterocycles. The van der Waals surface area contributed by atoms with E-state index in [9.17, 15) is 4.79 Å². The van der Waals surface area contributed by atoms with Gasteiger partial charge in [-0.25, -0.2) is 0 Å². The van der Waals surface area contributed by atoms with Gasteiger partial charge in [0.05, 0.1) is 5.41 Å². The van der Waals surface area contributed by atoms with Crippen LogP contribution in [0.15, 0.2) is 0 Å². The lowest BCUT2D eigenvalue weighted by Crippen LogP contribution is -2.52. The van der Waals surface area contributed by atoms with Crippen LogP contribution in [-0.4, -0.2) is 34.8 Å². The summed E-state index contributed by atoms with van der Waals surface area (Å²) in [7, 11) is -3.38. The van der Waals surface area contributed by atoms with Crippen molar-refractivity contribution in [2.75, 3.05) is 19.8 Å². The Kier molecular flexibility index (Phi) is 8.75. The van der Waals surface area contributed by atoms with Crippen molar-refractivity contribution in [1.29, 1.82) is 0 Å². The fourth-order valence-electron chi connectivity index (χ4n) is 3.19. The van der Waals surface area contributed by atoms with Gasteiger partial charge in [0.1, 0.15) is 0 Å². The van der Waals surface area contributed by atoms with E-state index in [4.69, 9.17) is 17.7 Å². The minimum absolute atomic E-state index is 0.273. The second-order valence-corrected chi connectivity index (χ2v) is 8.85. The highest BCUT2D eigenvalue weighted by atomic mass is 28.4. The molecule has 0 amide bonds. The molecule has 1 saturated carbocycles. The predicted molar refractivity (Wildman–Crippen MR) is 91.7 cm³/mol. The highest BCUT2D eigenvalue weighted by molar-refractivity contribution is 6.55. The summed E-state index contributed by atoms with van der Waals surface area (Å²) in [6.45, 7) is 10.6. The van der Waals surface area contributed by atoms with Gasteiger partial charge in [-0.1, -0.05) is 32.1 Å². The zero-order valence-corrected chi connectivity index (χ0v) is 16.5. The molecule has 0 aromatic rings. The summed E-state index contributed by atoms with van der Waals surface area (Å²) in [6.07, 6.45) is 7.12. The fourth-order valence-corrected chi connectivity index (χ4v) is 5.18. The summed E-state index contributed by atoms with van der Waals surface area (Å²) >= 11 is 0. The summed E-state index contributed by atoms with van der Waals surface area (Å²) in [5, 5.41) is 0. The van der Waals surface area contributed by atoms with E-state index < -0.39 is 14.5 Å². The van der Waals surface area contributed by atoms with Gasteiger partial charge in [0.25, 0.3) is 0 Å². The molecule has 0 heterocycles. The second kappa shape index (κ2) is 9.76. The Labute approximate surface area is 142 Å². The van der Waals surface area contributed by atoms with E-state index in [0.29, 0.717) is 25.7 Å². The summed E-state index contributed by atoms with van der Waals surface area (Å²) < 4.78 is 22.6. The minimum atomic E-state index is -3.38. The summed E-state index contributed by atoms with van der Waals surface area (Å²) in [5.41, 5.74) is -0.550. The van der Waals surface area contributed by atoms with Gasteiger partial charge in [-0.3, -0.25) is 4.79 Å². The number of rotatable bonds is 10. The molecule has 136 valence electrons. The Hall–Kier alpha value is -0.433. The van der Waals surface area contributed by atoms with Crippen molar-refractivity contribution in [3.63, 3.8) is 0 Å². The summed E-state index contributed by atoms with van der Waals surface area (Å²) in [5.74, 6) is 0.332. The number of carbonyl (C=O) groups is 1. The molecule has 0 saturated heterocycles. The van der Waals surface area contributed by atoms with Crippen LogP contribution in [0, 0.1) is 11.3 Å². The van der Waals surface area contributed by atoms with E-state index in [-0.39, 0.29) is 5.97 Å². The molecule has 5 nitrogen and oxygen atoms in total. The minimum Gasteiger partial charge on any atom is -0.451 e. The first-order chi connectivity index (χ1) is 10.9. The van der Waals surface area contributed by atoms with E-state index in [2.05, 4.69) is 0 Å². The third-order valence-electron chi connectivity index (χ3n) is 4.26. The molecule has 1 aliphatic rings. The average molecular weight is 347 g/mol. The van der Waals surface area contributed by atoms with Gasteiger partial charge >= 0.3 is 15.0 Å². The van der Waals surface area contributed by atoms with Crippen molar-refractivity contribution in [2.45, 2.75) is 73.1 Å². The largest absolute Gasteiger partial charge is 0.751 e. The topological polar surface area (TPSA) is 54.0 Å². The molecule has 0 bridgehead atoms. The van der Waals surface area contributed by atoms with E-state index in [0.717, 1.165) is 6.42 Å². The van der Waals surface area contributed by atoms with Crippen molar-refractivity contribution in [3.8, 4) is 0 Å². The van der Waals surface area contributed by atoms with E-state index in [1.54, 1.807) is 0 Å². The molecule has 1 fully saturated rings. The fraction of sp³-hybridized carbons (Fsp3) is 0.941. The molecule has 0 aromatic carbocycles. The van der Waals surface area contributed by atoms with Crippen LogP contribution >= 0.6 is 0 Å². The predicted octanol–water partition coefficient (Wildman–Crippen LogP) is 4.07. The van der Waals surface area contributed by atoms with Crippen LogP contribution in [0.4, 0.5) is 0 Å². The molecule has 1 aliphatic carbocycles. The van der Waals surface area contributed by atoms with Crippen LogP contribution < -0.4 is 0 Å². The van der Waals surface area contributed by atoms with Gasteiger partial charge in [0, 0.05) is 19.8 Å². The van der Waals surface area contributed by atoms with Gasteiger partial charge < -0.3 is 17.7 Å². The summed E-state index contributed by atoms with van der Waals surface area (Å²) in [4.78, 5) is 12.8. The molecule has 0 radical (unpaired) electrons. The van der Waals surface area contributed by atoms with Crippen LogP contribution in [-0.2, 0) is 22.5 Å². The Morgan fingerprint density at radius 1 is 0.957 bits per heavy atom. The van der Waals surface area contributed by atoms with Crippen LogP contribution in [0.2, 0.25) is 0 Å². The van der Waals surface area contributed by atoms with Crippen molar-refractivity contribution in [3.05, 3.63) is 0 Å². The van der Waals surface area contributed by atoms with Gasteiger partial charge in [0.15, 0.2) is 0 Å². The molecule has 0 aromatic heterocycles. The molecule has 1 rings (SSSR count). The second-order valence-electron chi connectivity index (χ2n) is 6.78. The molecule has 23 heavy (non-hydrogen) atoms. The molecule has 0 unspecified atom stereocenters. The maximum absolute atomic E-state index is 12.8. The molecule has 6 heteroatoms. The van der Waals surface area contributed by atoms with E-state index >= 15 is 0 Å². The number of carbonyl (C=O) groups excluding carboxylic acids is 1. The highest BCUT2D eigenvalue weighted by Gasteiger charge is 2.51. The summed E-state index contributed by atoms with van der Waals surface area (Å²) in [6, 6.07) is 0. The van der Waals surface area contributed by atoms with Crippen LogP contribution in [0.5, 0.6) is 0 Å². The molecule has 0 N–H and O–H groups in total. The molecular weight excluding hydrogens is 312 g/mol. The zero-order valence-electron chi connectivity index (χ0n) is 15.5.